The van der Waals surface area contributed by atoms with E-state index >= 15 is 0 Å². The van der Waals surface area contributed by atoms with Crippen molar-refractivity contribution in [3.8, 4) is 5.75 Å². The first-order chi connectivity index (χ1) is 17.0. The maximum Gasteiger partial charge on any atom is 0.408 e. The van der Waals surface area contributed by atoms with Crippen molar-refractivity contribution in [1.82, 2.24) is 15.5 Å². The number of ether oxygens (including phenoxy) is 1. The molecule has 0 aliphatic rings. The zero-order chi connectivity index (χ0) is 28.6. The fourth-order valence-electron chi connectivity index (χ4n) is 4.20. The van der Waals surface area contributed by atoms with Gasteiger partial charge in [-0.2, -0.15) is 0 Å². The van der Waals surface area contributed by atoms with Gasteiger partial charge in [0.05, 0.1) is 0 Å². The molecule has 0 saturated carbocycles. The molecule has 0 aliphatic heterocycles. The van der Waals surface area contributed by atoms with E-state index in [1.807, 2.05) is 48.5 Å². The number of phenolic OH excluding ortho intramolecular Hbond substituents is 1. The smallest absolute Gasteiger partial charge is 0.408 e. The van der Waals surface area contributed by atoms with Crippen LogP contribution in [0.5, 0.6) is 5.75 Å². The van der Waals surface area contributed by atoms with Crippen LogP contribution >= 0.6 is 0 Å². The summed E-state index contributed by atoms with van der Waals surface area (Å²) in [7, 11) is 0. The van der Waals surface area contributed by atoms with Crippen molar-refractivity contribution in [2.24, 2.45) is 5.92 Å². The number of amides is 3. The predicted molar refractivity (Wildman–Crippen MR) is 147 cm³/mol. The molecule has 210 valence electrons. The minimum Gasteiger partial charge on any atom is -0.508 e. The second-order valence-electron chi connectivity index (χ2n) is 11.9. The van der Waals surface area contributed by atoms with E-state index in [2.05, 4.69) is 10.6 Å². The number of hydrogen-bond donors (Lipinski definition) is 3. The maximum atomic E-state index is 14.3. The molecule has 0 bridgehead atoms. The molecule has 1 aromatic carbocycles. The first kappa shape index (κ1) is 32.3. The van der Waals surface area contributed by atoms with E-state index in [1.165, 1.54) is 12.1 Å². The molecule has 37 heavy (non-hydrogen) atoms. The highest BCUT2D eigenvalue weighted by Gasteiger charge is 2.43. The SMILES string of the molecule is CCCC(C)NC(=O)C(c1cccc(O)c1)N(C(=O)C(CC(C)C)NC(=O)OC(C)(C)C)C(C)(C)CC. The van der Waals surface area contributed by atoms with Gasteiger partial charge in [-0.1, -0.05) is 46.2 Å². The Kier molecular flexibility index (Phi) is 11.9. The number of hydrogen-bond acceptors (Lipinski definition) is 5. The Morgan fingerprint density at radius 2 is 1.65 bits per heavy atom. The van der Waals surface area contributed by atoms with Gasteiger partial charge in [0, 0.05) is 11.6 Å². The zero-order valence-corrected chi connectivity index (χ0v) is 24.5. The van der Waals surface area contributed by atoms with E-state index in [1.54, 1.807) is 37.8 Å². The average Bonchev–Trinajstić information content (AvgIpc) is 2.74. The fourth-order valence-corrected chi connectivity index (χ4v) is 4.20. The van der Waals surface area contributed by atoms with E-state index in [-0.39, 0.29) is 29.5 Å². The van der Waals surface area contributed by atoms with Crippen LogP contribution in [0, 0.1) is 5.92 Å². The zero-order valence-electron chi connectivity index (χ0n) is 24.5. The third-order valence-corrected chi connectivity index (χ3v) is 6.25. The molecule has 0 radical (unpaired) electrons. The van der Waals surface area contributed by atoms with E-state index in [0.717, 1.165) is 12.8 Å². The normalized spacial score (nSPS) is 14.5. The number of carbonyl (C=O) groups excluding carboxylic acids is 3. The van der Waals surface area contributed by atoms with Crippen LogP contribution in [0.15, 0.2) is 24.3 Å². The Morgan fingerprint density at radius 3 is 2.14 bits per heavy atom. The molecule has 0 saturated heterocycles. The van der Waals surface area contributed by atoms with Crippen molar-refractivity contribution < 1.29 is 24.2 Å². The van der Waals surface area contributed by atoms with Crippen molar-refractivity contribution in [3.63, 3.8) is 0 Å². The van der Waals surface area contributed by atoms with Gasteiger partial charge in [-0.3, -0.25) is 9.59 Å². The minimum atomic E-state index is -1.01. The molecule has 3 unspecified atom stereocenters. The topological polar surface area (TPSA) is 108 Å². The van der Waals surface area contributed by atoms with Gasteiger partial charge in [0.15, 0.2) is 0 Å². The molecular formula is C29H49N3O5. The summed E-state index contributed by atoms with van der Waals surface area (Å²) in [5.41, 5.74) is -0.975. The van der Waals surface area contributed by atoms with Crippen molar-refractivity contribution in [3.05, 3.63) is 29.8 Å². The van der Waals surface area contributed by atoms with Crippen LogP contribution in [0.25, 0.3) is 0 Å². The summed E-state index contributed by atoms with van der Waals surface area (Å²) in [6.07, 6.45) is 1.94. The summed E-state index contributed by atoms with van der Waals surface area (Å²) >= 11 is 0. The molecule has 3 amide bonds. The summed E-state index contributed by atoms with van der Waals surface area (Å²) in [5, 5.41) is 16.1. The monoisotopic (exact) mass is 519 g/mol. The maximum absolute atomic E-state index is 14.3. The third-order valence-electron chi connectivity index (χ3n) is 6.25. The van der Waals surface area contributed by atoms with Gasteiger partial charge in [-0.15, -0.1) is 0 Å². The molecule has 3 atom stereocenters. The van der Waals surface area contributed by atoms with Crippen LogP contribution in [-0.2, 0) is 14.3 Å². The van der Waals surface area contributed by atoms with Gasteiger partial charge in [-0.25, -0.2) is 4.79 Å². The molecule has 1 rings (SSSR count). The first-order valence-electron chi connectivity index (χ1n) is 13.4. The predicted octanol–water partition coefficient (Wildman–Crippen LogP) is 5.69. The summed E-state index contributed by atoms with van der Waals surface area (Å²) in [5.74, 6) is -0.614. The van der Waals surface area contributed by atoms with E-state index in [4.69, 9.17) is 4.74 Å². The van der Waals surface area contributed by atoms with Crippen LogP contribution in [0.1, 0.15) is 107 Å². The van der Waals surface area contributed by atoms with Crippen molar-refractivity contribution >= 4 is 17.9 Å². The van der Waals surface area contributed by atoms with Crippen LogP contribution in [0.2, 0.25) is 0 Å². The highest BCUT2D eigenvalue weighted by atomic mass is 16.6. The fraction of sp³-hybridized carbons (Fsp3) is 0.690. The second kappa shape index (κ2) is 13.7. The molecule has 0 fully saturated rings. The van der Waals surface area contributed by atoms with Gasteiger partial charge >= 0.3 is 6.09 Å². The summed E-state index contributed by atoms with van der Waals surface area (Å²) in [4.78, 5) is 42.4. The lowest BCUT2D eigenvalue weighted by molar-refractivity contribution is -0.150. The Labute approximate surface area is 223 Å². The lowest BCUT2D eigenvalue weighted by Crippen LogP contribution is -2.60. The molecule has 0 heterocycles. The van der Waals surface area contributed by atoms with Crippen LogP contribution in [-0.4, -0.2) is 51.1 Å². The first-order valence-corrected chi connectivity index (χ1v) is 13.4. The Bertz CT molecular complexity index is 907. The number of nitrogens with zero attached hydrogens (tertiary/aromatic N) is 1. The second-order valence-corrected chi connectivity index (χ2v) is 11.9. The number of alkyl carbamates (subject to hydrolysis) is 1. The molecule has 0 aliphatic carbocycles. The standard InChI is InChI=1S/C29H49N3O5/c1-11-14-20(5)30-25(34)24(21-15-13-16-22(33)18-21)32(29(9,10)12-2)26(35)23(17-19(3)4)31-27(36)37-28(6,7)8/h13,15-16,18-20,23-24,33H,11-12,14,17H2,1-10H3,(H,30,34)(H,31,36). The number of rotatable bonds is 12. The van der Waals surface area contributed by atoms with E-state index < -0.39 is 29.3 Å². The van der Waals surface area contributed by atoms with Crippen LogP contribution in [0.3, 0.4) is 0 Å². The molecule has 1 aromatic rings. The van der Waals surface area contributed by atoms with Crippen molar-refractivity contribution in [2.75, 3.05) is 0 Å². The number of benzene rings is 1. The highest BCUT2D eigenvalue weighted by molar-refractivity contribution is 5.92. The van der Waals surface area contributed by atoms with Gasteiger partial charge in [0.1, 0.15) is 23.4 Å². The van der Waals surface area contributed by atoms with Crippen LogP contribution in [0.4, 0.5) is 4.79 Å². The molecule has 0 aromatic heterocycles. The number of phenols is 1. The molecule has 3 N–H and O–H groups in total. The molecule has 8 heteroatoms. The van der Waals surface area contributed by atoms with Crippen LogP contribution < -0.4 is 10.6 Å². The number of aromatic hydroxyl groups is 1. The highest BCUT2D eigenvalue weighted by Crippen LogP contribution is 2.34. The summed E-state index contributed by atoms with van der Waals surface area (Å²) in [6, 6.07) is 4.43. The quantitative estimate of drug-likeness (QED) is 0.329. The van der Waals surface area contributed by atoms with Gasteiger partial charge in [0.2, 0.25) is 11.8 Å². The Balaban J connectivity index is 3.64. The molecule has 0 spiro atoms. The molecule has 8 nitrogen and oxygen atoms in total. The number of carbonyl (C=O) groups is 3. The van der Waals surface area contributed by atoms with E-state index in [0.29, 0.717) is 18.4 Å². The third kappa shape index (κ3) is 10.3. The average molecular weight is 520 g/mol. The van der Waals surface area contributed by atoms with E-state index in [9.17, 15) is 19.5 Å². The van der Waals surface area contributed by atoms with Gasteiger partial charge < -0.3 is 25.4 Å². The van der Waals surface area contributed by atoms with Gasteiger partial charge in [0.25, 0.3) is 0 Å². The largest absolute Gasteiger partial charge is 0.508 e. The Morgan fingerprint density at radius 1 is 1.03 bits per heavy atom. The summed E-state index contributed by atoms with van der Waals surface area (Å²) < 4.78 is 5.45. The summed E-state index contributed by atoms with van der Waals surface area (Å²) in [6.45, 7) is 19.0. The number of nitrogens with one attached hydrogen (secondary N) is 2. The van der Waals surface area contributed by atoms with Crippen molar-refractivity contribution in [2.45, 2.75) is 124 Å². The lowest BCUT2D eigenvalue weighted by atomic mass is 9.90. The van der Waals surface area contributed by atoms with Gasteiger partial charge in [-0.05, 0) is 84.4 Å². The lowest BCUT2D eigenvalue weighted by Gasteiger charge is -2.45. The molecular weight excluding hydrogens is 470 g/mol. The van der Waals surface area contributed by atoms with Crippen molar-refractivity contribution in [1.29, 1.82) is 0 Å². The minimum absolute atomic E-state index is 0.00391. The Hall–Kier alpha value is -2.77.